The molecule has 2 N–H and O–H groups in total. The fourth-order valence-corrected chi connectivity index (χ4v) is 3.04. The zero-order chi connectivity index (χ0) is 10.2. The van der Waals surface area contributed by atoms with Crippen LogP contribution in [0, 0.1) is 11.3 Å². The minimum absolute atomic E-state index is 0.379. The molecule has 1 saturated carbocycles. The van der Waals surface area contributed by atoms with Gasteiger partial charge in [-0.1, -0.05) is 13.8 Å². The third kappa shape index (κ3) is 1.96. The Morgan fingerprint density at radius 3 is 2.43 bits per heavy atom. The largest absolute Gasteiger partial charge is 0.327 e. The first kappa shape index (κ1) is 10.4. The molecule has 1 aliphatic heterocycles. The van der Waals surface area contributed by atoms with Crippen molar-refractivity contribution in [2.75, 3.05) is 19.6 Å². The Balaban J connectivity index is 1.87. The van der Waals surface area contributed by atoms with Gasteiger partial charge in [-0.3, -0.25) is 0 Å². The van der Waals surface area contributed by atoms with Gasteiger partial charge in [0, 0.05) is 12.6 Å². The van der Waals surface area contributed by atoms with Gasteiger partial charge < -0.3 is 10.6 Å². The molecule has 2 atom stereocenters. The highest BCUT2D eigenvalue weighted by molar-refractivity contribution is 4.95. The first-order valence-corrected chi connectivity index (χ1v) is 6.07. The fraction of sp³-hybridized carbons (Fsp3) is 1.00. The topological polar surface area (TPSA) is 29.3 Å². The summed E-state index contributed by atoms with van der Waals surface area (Å²) in [4.78, 5) is 2.60. The molecule has 1 saturated heterocycles. The van der Waals surface area contributed by atoms with Crippen LogP contribution in [-0.4, -0.2) is 30.6 Å². The second-order valence-corrected chi connectivity index (χ2v) is 5.82. The van der Waals surface area contributed by atoms with E-state index in [0.29, 0.717) is 11.5 Å². The summed E-state index contributed by atoms with van der Waals surface area (Å²) in [5, 5.41) is 0. The number of rotatable bonds is 2. The van der Waals surface area contributed by atoms with E-state index < -0.39 is 0 Å². The maximum absolute atomic E-state index is 6.31. The monoisotopic (exact) mass is 196 g/mol. The van der Waals surface area contributed by atoms with Crippen molar-refractivity contribution in [1.29, 1.82) is 0 Å². The Morgan fingerprint density at radius 2 is 1.93 bits per heavy atom. The lowest BCUT2D eigenvalue weighted by Gasteiger charge is -2.29. The van der Waals surface area contributed by atoms with Crippen molar-refractivity contribution in [3.63, 3.8) is 0 Å². The maximum Gasteiger partial charge on any atom is 0.0131 e. The average molecular weight is 196 g/mol. The minimum atomic E-state index is 0.379. The normalized spacial score (nSPS) is 37.9. The molecule has 0 aromatic heterocycles. The van der Waals surface area contributed by atoms with Crippen molar-refractivity contribution < 1.29 is 0 Å². The predicted octanol–water partition coefficient (Wildman–Crippen LogP) is 1.85. The highest BCUT2D eigenvalue weighted by atomic mass is 15.1. The van der Waals surface area contributed by atoms with E-state index in [1.54, 1.807) is 0 Å². The van der Waals surface area contributed by atoms with E-state index in [2.05, 4.69) is 18.7 Å². The number of hydrogen-bond acceptors (Lipinski definition) is 2. The highest BCUT2D eigenvalue weighted by Crippen LogP contribution is 2.40. The summed E-state index contributed by atoms with van der Waals surface area (Å²) in [5.74, 6) is 0.753. The van der Waals surface area contributed by atoms with E-state index in [1.165, 1.54) is 45.3 Å². The van der Waals surface area contributed by atoms with E-state index in [4.69, 9.17) is 5.73 Å². The summed E-state index contributed by atoms with van der Waals surface area (Å²) in [5.41, 5.74) is 6.69. The summed E-state index contributed by atoms with van der Waals surface area (Å²) in [6.07, 6.45) is 5.44. The molecule has 0 bridgehead atoms. The molecule has 14 heavy (non-hydrogen) atoms. The van der Waals surface area contributed by atoms with Gasteiger partial charge >= 0.3 is 0 Å². The van der Waals surface area contributed by atoms with Gasteiger partial charge in [-0.05, 0) is 50.1 Å². The lowest BCUT2D eigenvalue weighted by Crippen LogP contribution is -2.41. The van der Waals surface area contributed by atoms with Gasteiger partial charge in [0.05, 0.1) is 0 Å². The van der Waals surface area contributed by atoms with Crippen molar-refractivity contribution >= 4 is 0 Å². The lowest BCUT2D eigenvalue weighted by molar-refractivity contribution is 0.234. The molecule has 0 radical (unpaired) electrons. The molecule has 2 fully saturated rings. The quantitative estimate of drug-likeness (QED) is 0.730. The van der Waals surface area contributed by atoms with Crippen LogP contribution in [0.15, 0.2) is 0 Å². The van der Waals surface area contributed by atoms with E-state index in [1.807, 2.05) is 0 Å². The summed E-state index contributed by atoms with van der Waals surface area (Å²) in [6, 6.07) is 0.420. The Labute approximate surface area is 87.8 Å². The van der Waals surface area contributed by atoms with E-state index in [9.17, 15) is 0 Å². The van der Waals surface area contributed by atoms with Gasteiger partial charge in [0.25, 0.3) is 0 Å². The Hall–Kier alpha value is -0.0800. The molecule has 2 nitrogen and oxygen atoms in total. The zero-order valence-electron chi connectivity index (χ0n) is 9.63. The van der Waals surface area contributed by atoms with Crippen LogP contribution in [0.3, 0.4) is 0 Å². The fourth-order valence-electron chi connectivity index (χ4n) is 3.04. The summed E-state index contributed by atoms with van der Waals surface area (Å²) >= 11 is 0. The maximum atomic E-state index is 6.31. The third-order valence-electron chi connectivity index (χ3n) is 4.26. The van der Waals surface area contributed by atoms with Gasteiger partial charge in [-0.15, -0.1) is 0 Å². The molecule has 0 aromatic rings. The number of nitrogens with two attached hydrogens (primary N) is 1. The molecule has 2 rings (SSSR count). The second kappa shape index (κ2) is 3.82. The van der Waals surface area contributed by atoms with Crippen LogP contribution in [0.2, 0.25) is 0 Å². The van der Waals surface area contributed by atoms with Crippen molar-refractivity contribution in [2.24, 2.45) is 17.1 Å². The van der Waals surface area contributed by atoms with Crippen LogP contribution in [0.5, 0.6) is 0 Å². The SMILES string of the molecule is CC1(C)CCC(CN2CCCC2)C1N. The molecule has 1 aliphatic carbocycles. The Bertz CT molecular complexity index is 194. The second-order valence-electron chi connectivity index (χ2n) is 5.82. The van der Waals surface area contributed by atoms with Crippen LogP contribution in [0.4, 0.5) is 0 Å². The van der Waals surface area contributed by atoms with Crippen LogP contribution < -0.4 is 5.73 Å². The van der Waals surface area contributed by atoms with Crippen molar-refractivity contribution in [2.45, 2.75) is 45.6 Å². The Kier molecular flexibility index (Phi) is 2.85. The Morgan fingerprint density at radius 1 is 1.29 bits per heavy atom. The molecule has 0 aromatic carbocycles. The van der Waals surface area contributed by atoms with Crippen LogP contribution in [0.1, 0.15) is 39.5 Å². The van der Waals surface area contributed by atoms with Crippen molar-refractivity contribution in [1.82, 2.24) is 4.90 Å². The van der Waals surface area contributed by atoms with E-state index in [0.717, 1.165) is 5.92 Å². The first-order chi connectivity index (χ1) is 6.59. The van der Waals surface area contributed by atoms with Gasteiger partial charge in [0.1, 0.15) is 0 Å². The molecule has 0 spiro atoms. The standard InChI is InChI=1S/C12H24N2/c1-12(2)6-5-10(11(12)13)9-14-7-3-4-8-14/h10-11H,3-9,13H2,1-2H3. The van der Waals surface area contributed by atoms with Crippen LogP contribution in [-0.2, 0) is 0 Å². The minimum Gasteiger partial charge on any atom is -0.327 e. The van der Waals surface area contributed by atoms with Crippen LogP contribution >= 0.6 is 0 Å². The highest BCUT2D eigenvalue weighted by Gasteiger charge is 2.39. The molecule has 2 unspecified atom stereocenters. The summed E-state index contributed by atoms with van der Waals surface area (Å²) in [6.45, 7) is 8.52. The smallest absolute Gasteiger partial charge is 0.0131 e. The molecule has 82 valence electrons. The summed E-state index contributed by atoms with van der Waals surface area (Å²) < 4.78 is 0. The average Bonchev–Trinajstić information content (AvgIpc) is 2.70. The van der Waals surface area contributed by atoms with Gasteiger partial charge in [0.2, 0.25) is 0 Å². The first-order valence-electron chi connectivity index (χ1n) is 6.07. The summed E-state index contributed by atoms with van der Waals surface area (Å²) in [7, 11) is 0. The molecular formula is C12H24N2. The molecule has 2 heteroatoms. The van der Waals surface area contributed by atoms with Crippen molar-refractivity contribution in [3.05, 3.63) is 0 Å². The molecule has 0 amide bonds. The number of likely N-dealkylation sites (tertiary alicyclic amines) is 1. The predicted molar refractivity (Wildman–Crippen MR) is 60.2 cm³/mol. The van der Waals surface area contributed by atoms with E-state index in [-0.39, 0.29) is 0 Å². The third-order valence-corrected chi connectivity index (χ3v) is 4.26. The number of nitrogens with zero attached hydrogens (tertiary/aromatic N) is 1. The zero-order valence-corrected chi connectivity index (χ0v) is 9.63. The van der Waals surface area contributed by atoms with Gasteiger partial charge in [0.15, 0.2) is 0 Å². The van der Waals surface area contributed by atoms with E-state index >= 15 is 0 Å². The van der Waals surface area contributed by atoms with Crippen LogP contribution in [0.25, 0.3) is 0 Å². The lowest BCUT2D eigenvalue weighted by atomic mass is 9.85. The number of hydrogen-bond donors (Lipinski definition) is 1. The van der Waals surface area contributed by atoms with Crippen molar-refractivity contribution in [3.8, 4) is 0 Å². The van der Waals surface area contributed by atoms with Gasteiger partial charge in [-0.2, -0.15) is 0 Å². The van der Waals surface area contributed by atoms with Gasteiger partial charge in [-0.25, -0.2) is 0 Å². The molecular weight excluding hydrogens is 172 g/mol. The molecule has 1 heterocycles. The molecule has 2 aliphatic rings.